The zero-order valence-electron chi connectivity index (χ0n) is 7.75. The number of rotatable bonds is 4. The first-order valence-electron chi connectivity index (χ1n) is 4.02. The Hall–Kier alpha value is -1.44. The van der Waals surface area contributed by atoms with Gasteiger partial charge in [-0.05, 0) is 20.9 Å². The normalized spacial score (nSPS) is 12.4. The Kier molecular flexibility index (Phi) is 3.40. The van der Waals surface area contributed by atoms with Crippen molar-refractivity contribution >= 4 is 27.7 Å². The Bertz CT molecular complexity index is 403. The molecule has 1 aromatic heterocycles. The summed E-state index contributed by atoms with van der Waals surface area (Å²) in [4.78, 5) is 20.3. The molecule has 1 N–H and O–H groups in total. The molecule has 0 radical (unpaired) electrons. The third-order valence-corrected chi connectivity index (χ3v) is 2.31. The molecule has 1 aromatic rings. The van der Waals surface area contributed by atoms with E-state index in [9.17, 15) is 14.9 Å². The fourth-order valence-electron chi connectivity index (χ4n) is 0.963. The van der Waals surface area contributed by atoms with E-state index in [-0.39, 0.29) is 16.8 Å². The van der Waals surface area contributed by atoms with Gasteiger partial charge in [0, 0.05) is 0 Å². The van der Waals surface area contributed by atoms with Crippen LogP contribution in [0.2, 0.25) is 0 Å². The summed E-state index contributed by atoms with van der Waals surface area (Å²) in [7, 11) is 0. The van der Waals surface area contributed by atoms with Crippen LogP contribution in [0.15, 0.2) is 10.7 Å². The summed E-state index contributed by atoms with van der Waals surface area (Å²) in [5.74, 6) is -1.92. The topological polar surface area (TPSA) is 98.3 Å². The van der Waals surface area contributed by atoms with Crippen molar-refractivity contribution in [1.29, 1.82) is 0 Å². The molecule has 82 valence electrons. The SMILES string of the molecule is CC(Cn1cc(Br)c([N+](=O)[O-])n1)C(=O)O. The highest BCUT2D eigenvalue weighted by molar-refractivity contribution is 9.10. The Balaban J connectivity index is 2.84. The Morgan fingerprint density at radius 1 is 1.87 bits per heavy atom. The van der Waals surface area contributed by atoms with E-state index in [4.69, 9.17) is 5.11 Å². The molecule has 7 nitrogen and oxygen atoms in total. The number of hydrogen-bond acceptors (Lipinski definition) is 4. The molecule has 15 heavy (non-hydrogen) atoms. The summed E-state index contributed by atoms with van der Waals surface area (Å²) in [6.45, 7) is 1.60. The molecular weight excluding hydrogens is 270 g/mol. The van der Waals surface area contributed by atoms with Gasteiger partial charge in [0.25, 0.3) is 0 Å². The van der Waals surface area contributed by atoms with Crippen molar-refractivity contribution in [3.8, 4) is 0 Å². The zero-order chi connectivity index (χ0) is 11.6. The van der Waals surface area contributed by atoms with Crippen LogP contribution in [-0.2, 0) is 11.3 Å². The van der Waals surface area contributed by atoms with E-state index in [0.29, 0.717) is 0 Å². The van der Waals surface area contributed by atoms with E-state index in [0.717, 1.165) is 0 Å². The highest BCUT2D eigenvalue weighted by atomic mass is 79.9. The van der Waals surface area contributed by atoms with Gasteiger partial charge in [0.05, 0.1) is 23.8 Å². The predicted molar refractivity (Wildman–Crippen MR) is 53.4 cm³/mol. The van der Waals surface area contributed by atoms with Gasteiger partial charge < -0.3 is 15.2 Å². The van der Waals surface area contributed by atoms with Crippen LogP contribution in [0.25, 0.3) is 0 Å². The van der Waals surface area contributed by atoms with Crippen molar-refractivity contribution < 1.29 is 14.8 Å². The summed E-state index contributed by atoms with van der Waals surface area (Å²) >= 11 is 2.97. The van der Waals surface area contributed by atoms with Crippen LogP contribution in [0.3, 0.4) is 0 Å². The summed E-state index contributed by atoms with van der Waals surface area (Å²) in [5.41, 5.74) is 0. The molecule has 0 saturated carbocycles. The second kappa shape index (κ2) is 4.39. The van der Waals surface area contributed by atoms with Gasteiger partial charge in [0.15, 0.2) is 0 Å². The van der Waals surface area contributed by atoms with Crippen LogP contribution < -0.4 is 0 Å². The van der Waals surface area contributed by atoms with Crippen LogP contribution in [0.5, 0.6) is 0 Å². The van der Waals surface area contributed by atoms with Crippen LogP contribution in [0.4, 0.5) is 5.82 Å². The lowest BCUT2D eigenvalue weighted by Gasteiger charge is -2.01. The number of carbonyl (C=O) groups is 1. The molecule has 0 aromatic carbocycles. The minimum Gasteiger partial charge on any atom is -0.481 e. The maximum absolute atomic E-state index is 10.5. The highest BCUT2D eigenvalue weighted by Gasteiger charge is 2.21. The minimum absolute atomic E-state index is 0.0990. The summed E-state index contributed by atoms with van der Waals surface area (Å²) in [6, 6.07) is 0. The van der Waals surface area contributed by atoms with Crippen molar-refractivity contribution in [1.82, 2.24) is 9.78 Å². The van der Waals surface area contributed by atoms with Crippen molar-refractivity contribution in [2.24, 2.45) is 5.92 Å². The third-order valence-electron chi connectivity index (χ3n) is 1.75. The number of aromatic nitrogens is 2. The first kappa shape index (κ1) is 11.6. The molecule has 1 unspecified atom stereocenters. The maximum Gasteiger partial charge on any atom is 0.404 e. The number of aliphatic carboxylic acids is 1. The van der Waals surface area contributed by atoms with Gasteiger partial charge >= 0.3 is 11.8 Å². The van der Waals surface area contributed by atoms with Gasteiger partial charge in [0.2, 0.25) is 0 Å². The quantitative estimate of drug-likeness (QED) is 0.660. The summed E-state index contributed by atoms with van der Waals surface area (Å²) in [6.07, 6.45) is 1.39. The standard InChI is InChI=1S/C7H8BrN3O4/c1-4(7(12)13)2-10-3-5(8)6(9-10)11(14)15/h3-4H,2H2,1H3,(H,12,13). The van der Waals surface area contributed by atoms with Crippen LogP contribution >= 0.6 is 15.9 Å². The van der Waals surface area contributed by atoms with Gasteiger partial charge in [-0.2, -0.15) is 4.68 Å². The van der Waals surface area contributed by atoms with Gasteiger partial charge in [-0.3, -0.25) is 4.79 Å². The average molecular weight is 278 g/mol. The average Bonchev–Trinajstić information content (AvgIpc) is 2.46. The van der Waals surface area contributed by atoms with Gasteiger partial charge in [-0.1, -0.05) is 6.92 Å². The number of hydrogen-bond donors (Lipinski definition) is 1. The second-order valence-corrected chi connectivity index (χ2v) is 3.87. The summed E-state index contributed by atoms with van der Waals surface area (Å²) < 4.78 is 1.48. The van der Waals surface area contributed by atoms with Crippen molar-refractivity contribution in [3.63, 3.8) is 0 Å². The Morgan fingerprint density at radius 2 is 2.47 bits per heavy atom. The molecule has 1 heterocycles. The first-order chi connectivity index (χ1) is 6.91. The number of nitrogens with zero attached hydrogens (tertiary/aromatic N) is 3. The lowest BCUT2D eigenvalue weighted by Crippen LogP contribution is -2.17. The smallest absolute Gasteiger partial charge is 0.404 e. The van der Waals surface area contributed by atoms with Crippen molar-refractivity contribution in [2.75, 3.05) is 0 Å². The molecule has 8 heteroatoms. The summed E-state index contributed by atoms with van der Waals surface area (Å²) in [5, 5.41) is 22.7. The predicted octanol–water partition coefficient (Wildman–Crippen LogP) is 1.27. The second-order valence-electron chi connectivity index (χ2n) is 3.02. The van der Waals surface area contributed by atoms with Crippen molar-refractivity contribution in [3.05, 3.63) is 20.8 Å². The molecule has 0 fully saturated rings. The molecular formula is C7H8BrN3O4. The Morgan fingerprint density at radius 3 is 2.87 bits per heavy atom. The van der Waals surface area contributed by atoms with E-state index in [2.05, 4.69) is 21.0 Å². The lowest BCUT2D eigenvalue weighted by atomic mass is 10.2. The number of carboxylic acid groups (broad SMARTS) is 1. The highest BCUT2D eigenvalue weighted by Crippen LogP contribution is 2.22. The Labute approximate surface area is 93.0 Å². The molecule has 0 aliphatic carbocycles. The number of carboxylic acids is 1. The molecule has 0 amide bonds. The first-order valence-corrected chi connectivity index (χ1v) is 4.81. The van der Waals surface area contributed by atoms with Crippen LogP contribution in [0, 0.1) is 16.0 Å². The minimum atomic E-state index is -0.968. The molecule has 0 saturated heterocycles. The van der Waals surface area contributed by atoms with E-state index >= 15 is 0 Å². The van der Waals surface area contributed by atoms with Crippen molar-refractivity contribution in [2.45, 2.75) is 13.5 Å². The molecule has 0 aliphatic heterocycles. The van der Waals surface area contributed by atoms with Gasteiger partial charge in [-0.15, -0.1) is 0 Å². The van der Waals surface area contributed by atoms with E-state index < -0.39 is 16.8 Å². The van der Waals surface area contributed by atoms with E-state index in [1.54, 1.807) is 0 Å². The van der Waals surface area contributed by atoms with Crippen LogP contribution in [-0.4, -0.2) is 25.8 Å². The lowest BCUT2D eigenvalue weighted by molar-refractivity contribution is -0.390. The third kappa shape index (κ3) is 2.75. The molecule has 0 spiro atoms. The number of nitro groups is 1. The molecule has 0 bridgehead atoms. The molecule has 1 rings (SSSR count). The van der Waals surface area contributed by atoms with Gasteiger partial charge in [-0.25, -0.2) is 0 Å². The largest absolute Gasteiger partial charge is 0.481 e. The van der Waals surface area contributed by atoms with E-state index in [1.165, 1.54) is 17.8 Å². The fourth-order valence-corrected chi connectivity index (χ4v) is 1.42. The maximum atomic E-state index is 10.5. The monoisotopic (exact) mass is 277 g/mol. The molecule has 0 aliphatic rings. The number of halogens is 1. The van der Waals surface area contributed by atoms with E-state index in [1.807, 2.05) is 0 Å². The van der Waals surface area contributed by atoms with Crippen LogP contribution in [0.1, 0.15) is 6.92 Å². The zero-order valence-corrected chi connectivity index (χ0v) is 9.34. The fraction of sp³-hybridized carbons (Fsp3) is 0.429. The van der Waals surface area contributed by atoms with Gasteiger partial charge in [0.1, 0.15) is 4.47 Å². The molecule has 1 atom stereocenters.